The maximum absolute atomic E-state index is 13.1. The molecule has 1 aromatic carbocycles. The first kappa shape index (κ1) is 21.0. The lowest BCUT2D eigenvalue weighted by Gasteiger charge is -2.22. The summed E-state index contributed by atoms with van der Waals surface area (Å²) < 4.78 is 13.1. The third kappa shape index (κ3) is 6.41. The number of hydrogen-bond acceptors (Lipinski definition) is 5. The predicted molar refractivity (Wildman–Crippen MR) is 115 cm³/mol. The highest BCUT2D eigenvalue weighted by Gasteiger charge is 2.18. The molecule has 0 atom stereocenters. The van der Waals surface area contributed by atoms with Crippen molar-refractivity contribution in [3.8, 4) is 0 Å². The summed E-state index contributed by atoms with van der Waals surface area (Å²) >= 11 is 0. The van der Waals surface area contributed by atoms with Gasteiger partial charge in [-0.3, -0.25) is 4.79 Å². The molecule has 3 N–H and O–H groups in total. The molecule has 2 aromatic rings. The smallest absolute Gasteiger partial charge is 0.260 e. The minimum atomic E-state index is -0.344. The number of anilines is 3. The average molecular weight is 400 g/mol. The molecule has 1 heterocycles. The van der Waals surface area contributed by atoms with Crippen LogP contribution < -0.4 is 16.0 Å². The third-order valence-corrected chi connectivity index (χ3v) is 5.23. The van der Waals surface area contributed by atoms with E-state index in [0.717, 1.165) is 25.9 Å². The number of benzene rings is 1. The fourth-order valence-electron chi connectivity index (χ4n) is 3.51. The molecule has 1 aromatic heterocycles. The first-order valence-electron chi connectivity index (χ1n) is 10.6. The number of hydrogen-bond donors (Lipinski definition) is 3. The summed E-state index contributed by atoms with van der Waals surface area (Å²) in [5.74, 6) is 0.988. The molecule has 1 aliphatic rings. The van der Waals surface area contributed by atoms with Gasteiger partial charge in [-0.05, 0) is 49.4 Å². The zero-order valence-corrected chi connectivity index (χ0v) is 17.0. The second kappa shape index (κ2) is 10.7. The van der Waals surface area contributed by atoms with Gasteiger partial charge in [0.05, 0.1) is 0 Å². The first-order chi connectivity index (χ1) is 14.2. The van der Waals surface area contributed by atoms with Crippen molar-refractivity contribution in [2.75, 3.05) is 29.0 Å². The van der Waals surface area contributed by atoms with Gasteiger partial charge in [0, 0.05) is 25.0 Å². The molecule has 0 spiro atoms. The molecule has 6 nitrogen and oxygen atoms in total. The third-order valence-electron chi connectivity index (χ3n) is 5.23. The Morgan fingerprint density at radius 3 is 2.62 bits per heavy atom. The molecule has 7 heteroatoms. The number of carbonyl (C=O) groups excluding carboxylic acids is 1. The minimum absolute atomic E-state index is 0.317. The fourth-order valence-corrected chi connectivity index (χ4v) is 3.51. The standard InChI is InChI=1S/C22H30FN5O/c1-2-3-13-24-22-26-15-19(21(29)27-18-11-9-17(23)10-12-18)20(28-22)25-14-16-7-5-4-6-8-16/h9-12,15-16H,2-8,13-14H2,1H3,(H,27,29)(H2,24,25,26,28). The van der Waals surface area contributed by atoms with Crippen LogP contribution in [0.25, 0.3) is 0 Å². The highest BCUT2D eigenvalue weighted by atomic mass is 19.1. The van der Waals surface area contributed by atoms with Gasteiger partial charge in [0.25, 0.3) is 5.91 Å². The molecular weight excluding hydrogens is 369 g/mol. The van der Waals surface area contributed by atoms with Crippen molar-refractivity contribution in [1.82, 2.24) is 9.97 Å². The van der Waals surface area contributed by atoms with Gasteiger partial charge < -0.3 is 16.0 Å². The number of aromatic nitrogens is 2. The number of amides is 1. The van der Waals surface area contributed by atoms with Crippen molar-refractivity contribution in [2.24, 2.45) is 5.92 Å². The summed E-state index contributed by atoms with van der Waals surface area (Å²) in [6.45, 7) is 3.71. The van der Waals surface area contributed by atoms with E-state index >= 15 is 0 Å². The molecule has 3 rings (SSSR count). The zero-order valence-electron chi connectivity index (χ0n) is 17.0. The number of rotatable bonds is 9. The predicted octanol–water partition coefficient (Wildman–Crippen LogP) is 5.07. The molecule has 1 aliphatic carbocycles. The molecule has 29 heavy (non-hydrogen) atoms. The van der Waals surface area contributed by atoms with Gasteiger partial charge in [0.15, 0.2) is 0 Å². The van der Waals surface area contributed by atoms with E-state index in [1.807, 2.05) is 0 Å². The molecule has 0 saturated heterocycles. The van der Waals surface area contributed by atoms with Crippen LogP contribution in [0, 0.1) is 11.7 Å². The topological polar surface area (TPSA) is 78.9 Å². The van der Waals surface area contributed by atoms with Gasteiger partial charge in [-0.15, -0.1) is 0 Å². The number of nitrogens with one attached hydrogen (secondary N) is 3. The minimum Gasteiger partial charge on any atom is -0.369 e. The number of carbonyl (C=O) groups is 1. The van der Waals surface area contributed by atoms with Crippen molar-refractivity contribution in [3.05, 3.63) is 41.8 Å². The molecule has 0 bridgehead atoms. The summed E-state index contributed by atoms with van der Waals surface area (Å²) in [5.41, 5.74) is 0.908. The number of unbranched alkanes of at least 4 members (excludes halogenated alkanes) is 1. The Labute approximate surface area is 171 Å². The van der Waals surface area contributed by atoms with E-state index < -0.39 is 0 Å². The second-order valence-electron chi connectivity index (χ2n) is 7.58. The number of nitrogens with zero attached hydrogens (tertiary/aromatic N) is 2. The molecule has 0 radical (unpaired) electrons. The number of halogens is 1. The van der Waals surface area contributed by atoms with Gasteiger partial charge in [0.2, 0.25) is 5.95 Å². The van der Waals surface area contributed by atoms with Crippen molar-refractivity contribution in [1.29, 1.82) is 0 Å². The van der Waals surface area contributed by atoms with E-state index in [0.29, 0.717) is 28.9 Å². The summed E-state index contributed by atoms with van der Waals surface area (Å²) in [6, 6.07) is 5.69. The summed E-state index contributed by atoms with van der Waals surface area (Å²) in [6.07, 6.45) is 9.90. The Morgan fingerprint density at radius 1 is 1.14 bits per heavy atom. The van der Waals surface area contributed by atoms with E-state index in [9.17, 15) is 9.18 Å². The SMILES string of the molecule is CCCCNc1ncc(C(=O)Nc2ccc(F)cc2)c(NCC2CCCCC2)n1. The highest BCUT2D eigenvalue weighted by molar-refractivity contribution is 6.07. The van der Waals surface area contributed by atoms with Crippen LogP contribution in [0.4, 0.5) is 21.8 Å². The molecule has 1 saturated carbocycles. The van der Waals surface area contributed by atoms with Crippen LogP contribution in [-0.4, -0.2) is 29.0 Å². The van der Waals surface area contributed by atoms with Crippen LogP contribution in [0.2, 0.25) is 0 Å². The van der Waals surface area contributed by atoms with Gasteiger partial charge in [-0.2, -0.15) is 4.98 Å². The second-order valence-corrected chi connectivity index (χ2v) is 7.58. The Kier molecular flexibility index (Phi) is 7.78. The van der Waals surface area contributed by atoms with E-state index in [2.05, 4.69) is 32.8 Å². The summed E-state index contributed by atoms with van der Waals surface area (Å²) in [7, 11) is 0. The summed E-state index contributed by atoms with van der Waals surface area (Å²) in [5, 5.41) is 9.38. The maximum Gasteiger partial charge on any atom is 0.260 e. The Balaban J connectivity index is 1.73. The first-order valence-corrected chi connectivity index (χ1v) is 10.6. The largest absolute Gasteiger partial charge is 0.369 e. The zero-order chi connectivity index (χ0) is 20.5. The van der Waals surface area contributed by atoms with E-state index in [-0.39, 0.29) is 11.7 Å². The molecule has 1 fully saturated rings. The van der Waals surface area contributed by atoms with Gasteiger partial charge in [-0.1, -0.05) is 32.6 Å². The Morgan fingerprint density at radius 2 is 1.90 bits per heavy atom. The average Bonchev–Trinajstić information content (AvgIpc) is 2.75. The van der Waals surface area contributed by atoms with Crippen LogP contribution in [0.3, 0.4) is 0 Å². The van der Waals surface area contributed by atoms with Crippen LogP contribution >= 0.6 is 0 Å². The van der Waals surface area contributed by atoms with Gasteiger partial charge in [-0.25, -0.2) is 9.37 Å². The molecule has 156 valence electrons. The van der Waals surface area contributed by atoms with Crippen molar-refractivity contribution < 1.29 is 9.18 Å². The van der Waals surface area contributed by atoms with Crippen molar-refractivity contribution >= 4 is 23.4 Å². The quantitative estimate of drug-likeness (QED) is 0.513. The fraction of sp³-hybridized carbons (Fsp3) is 0.500. The lowest BCUT2D eigenvalue weighted by atomic mass is 9.89. The van der Waals surface area contributed by atoms with E-state index in [1.165, 1.54) is 56.4 Å². The Bertz CT molecular complexity index is 790. The normalized spacial score (nSPS) is 14.4. The van der Waals surface area contributed by atoms with Crippen LogP contribution in [0.15, 0.2) is 30.5 Å². The van der Waals surface area contributed by atoms with Crippen LogP contribution in [0.5, 0.6) is 0 Å². The van der Waals surface area contributed by atoms with Crippen LogP contribution in [-0.2, 0) is 0 Å². The van der Waals surface area contributed by atoms with Crippen molar-refractivity contribution in [3.63, 3.8) is 0 Å². The molecule has 0 aliphatic heterocycles. The van der Waals surface area contributed by atoms with Crippen molar-refractivity contribution in [2.45, 2.75) is 51.9 Å². The maximum atomic E-state index is 13.1. The molecule has 1 amide bonds. The van der Waals surface area contributed by atoms with Gasteiger partial charge >= 0.3 is 0 Å². The lowest BCUT2D eigenvalue weighted by Crippen LogP contribution is -2.22. The molecule has 0 unspecified atom stereocenters. The van der Waals surface area contributed by atoms with Gasteiger partial charge in [0.1, 0.15) is 17.2 Å². The summed E-state index contributed by atoms with van der Waals surface area (Å²) in [4.78, 5) is 21.6. The monoisotopic (exact) mass is 399 g/mol. The Hall–Kier alpha value is -2.70. The van der Waals surface area contributed by atoms with E-state index in [4.69, 9.17) is 0 Å². The highest BCUT2D eigenvalue weighted by Crippen LogP contribution is 2.25. The van der Waals surface area contributed by atoms with E-state index in [1.54, 1.807) is 6.20 Å². The lowest BCUT2D eigenvalue weighted by molar-refractivity contribution is 0.102. The molecular formula is C22H30FN5O. The van der Waals surface area contributed by atoms with Crippen LogP contribution in [0.1, 0.15) is 62.2 Å².